The van der Waals surface area contributed by atoms with Crippen LogP contribution < -0.4 is 15.6 Å². The quantitative estimate of drug-likeness (QED) is 0.171. The van der Waals surface area contributed by atoms with Crippen LogP contribution in [0, 0.1) is 0 Å². The minimum atomic E-state index is -0.772. The van der Waals surface area contributed by atoms with E-state index in [9.17, 15) is 14.4 Å². The third-order valence-corrected chi connectivity index (χ3v) is 6.98. The Balaban J connectivity index is 1.49. The van der Waals surface area contributed by atoms with Crippen LogP contribution in [0.3, 0.4) is 0 Å². The number of hydrogen-bond donors (Lipinski definition) is 2. The average molecular weight is 595 g/mol. The van der Waals surface area contributed by atoms with Gasteiger partial charge in [-0.3, -0.25) is 4.79 Å². The number of amides is 3. The summed E-state index contributed by atoms with van der Waals surface area (Å²) in [5, 5.41) is 4.11. The van der Waals surface area contributed by atoms with Crippen molar-refractivity contribution in [2.45, 2.75) is 39.5 Å². The molecule has 2 N–H and O–H groups in total. The third-order valence-electron chi connectivity index (χ3n) is 6.98. The van der Waals surface area contributed by atoms with Gasteiger partial charge in [-0.25, -0.2) is 20.0 Å². The van der Waals surface area contributed by atoms with Crippen LogP contribution in [0.4, 0.5) is 21.0 Å². The maximum absolute atomic E-state index is 13.4. The van der Waals surface area contributed by atoms with Gasteiger partial charge in [0, 0.05) is 30.0 Å². The number of likely N-dealkylation sites (N-methyl/N-ethyl adjacent to an activating group) is 1. The van der Waals surface area contributed by atoms with Crippen molar-refractivity contribution in [3.8, 4) is 0 Å². The Kier molecular flexibility index (Phi) is 11.8. The summed E-state index contributed by atoms with van der Waals surface area (Å²) in [5.74, 6) is -0.227. The van der Waals surface area contributed by atoms with Crippen LogP contribution in [0.15, 0.2) is 115 Å². The van der Waals surface area contributed by atoms with Crippen molar-refractivity contribution in [2.75, 3.05) is 23.3 Å². The Labute approximate surface area is 258 Å². The van der Waals surface area contributed by atoms with Gasteiger partial charge in [-0.15, -0.1) is 0 Å². The first-order chi connectivity index (χ1) is 21.5. The van der Waals surface area contributed by atoms with Crippen molar-refractivity contribution in [3.05, 3.63) is 132 Å². The molecule has 0 saturated carbocycles. The molecule has 1 atom stereocenters. The second-order valence-corrected chi connectivity index (χ2v) is 10.1. The first kappa shape index (κ1) is 31.6. The lowest BCUT2D eigenvalue weighted by Crippen LogP contribution is -2.55. The summed E-state index contributed by atoms with van der Waals surface area (Å²) < 4.78 is 11.0. The van der Waals surface area contributed by atoms with Gasteiger partial charge in [0.15, 0.2) is 0 Å². The molecule has 0 saturated heterocycles. The second kappa shape index (κ2) is 16.4. The summed E-state index contributed by atoms with van der Waals surface area (Å²) in [7, 11) is 0. The summed E-state index contributed by atoms with van der Waals surface area (Å²) in [6, 6.07) is 34.7. The molecule has 0 spiro atoms. The van der Waals surface area contributed by atoms with Crippen LogP contribution in [0.1, 0.15) is 41.8 Å². The smallest absolute Gasteiger partial charge is 0.429 e. The zero-order valence-corrected chi connectivity index (χ0v) is 25.0. The topological polar surface area (TPSA) is 100 Å². The molecule has 0 aromatic heterocycles. The normalized spacial score (nSPS) is 11.1. The third kappa shape index (κ3) is 9.35. The van der Waals surface area contributed by atoms with Crippen molar-refractivity contribution in [3.63, 3.8) is 0 Å². The van der Waals surface area contributed by atoms with E-state index >= 15 is 0 Å². The molecule has 0 fully saturated rings. The Bertz CT molecular complexity index is 1490. The molecule has 4 aromatic rings. The molecule has 4 aromatic carbocycles. The zero-order chi connectivity index (χ0) is 31.1. The SMILES string of the molecule is CCC(CN(CC)c1cccc(C(=O)Nc2ccccc2)c1)N(NC(=O)OCc1ccccc1)C(=O)OCc1ccccc1. The van der Waals surface area contributed by atoms with Gasteiger partial charge in [0.2, 0.25) is 0 Å². The maximum Gasteiger partial charge on any atom is 0.429 e. The molecule has 4 rings (SSSR count). The lowest BCUT2D eigenvalue weighted by atomic mass is 10.1. The van der Waals surface area contributed by atoms with Gasteiger partial charge in [0.1, 0.15) is 13.2 Å². The van der Waals surface area contributed by atoms with E-state index in [1.165, 1.54) is 5.01 Å². The van der Waals surface area contributed by atoms with E-state index < -0.39 is 18.2 Å². The highest BCUT2D eigenvalue weighted by Crippen LogP contribution is 2.20. The molecule has 228 valence electrons. The minimum absolute atomic E-state index is 0.0451. The number of carbonyl (C=O) groups excluding carboxylic acids is 3. The van der Waals surface area contributed by atoms with Crippen molar-refractivity contribution in [1.29, 1.82) is 0 Å². The summed E-state index contributed by atoms with van der Waals surface area (Å²) in [5.41, 5.74) is 6.27. The van der Waals surface area contributed by atoms with Gasteiger partial charge in [-0.05, 0) is 54.8 Å². The lowest BCUT2D eigenvalue weighted by Gasteiger charge is -2.34. The van der Waals surface area contributed by atoms with Crippen LogP contribution in [-0.4, -0.2) is 42.2 Å². The van der Waals surface area contributed by atoms with Crippen molar-refractivity contribution in [1.82, 2.24) is 10.4 Å². The largest absolute Gasteiger partial charge is 0.443 e. The minimum Gasteiger partial charge on any atom is -0.443 e. The van der Waals surface area contributed by atoms with E-state index in [2.05, 4.69) is 10.7 Å². The number of rotatable bonds is 12. The second-order valence-electron chi connectivity index (χ2n) is 10.1. The van der Waals surface area contributed by atoms with E-state index in [-0.39, 0.29) is 19.1 Å². The fourth-order valence-corrected chi connectivity index (χ4v) is 4.56. The molecule has 0 aliphatic carbocycles. The Morgan fingerprint density at radius 3 is 1.91 bits per heavy atom. The molecule has 0 heterocycles. The number of nitrogens with zero attached hydrogens (tertiary/aromatic N) is 2. The van der Waals surface area contributed by atoms with Crippen LogP contribution >= 0.6 is 0 Å². The van der Waals surface area contributed by atoms with E-state index in [1.54, 1.807) is 6.07 Å². The molecule has 0 aliphatic rings. The number of benzene rings is 4. The molecule has 1 unspecified atom stereocenters. The van der Waals surface area contributed by atoms with Crippen LogP contribution in [0.25, 0.3) is 0 Å². The highest BCUT2D eigenvalue weighted by atomic mass is 16.6. The zero-order valence-electron chi connectivity index (χ0n) is 25.0. The number of nitrogens with one attached hydrogen (secondary N) is 2. The first-order valence-corrected chi connectivity index (χ1v) is 14.7. The average Bonchev–Trinajstić information content (AvgIpc) is 3.07. The number of ether oxygens (including phenoxy) is 2. The number of anilines is 2. The van der Waals surface area contributed by atoms with Gasteiger partial charge >= 0.3 is 12.2 Å². The molecular weight excluding hydrogens is 556 g/mol. The van der Waals surface area contributed by atoms with E-state index in [4.69, 9.17) is 9.47 Å². The molecule has 9 heteroatoms. The van der Waals surface area contributed by atoms with E-state index in [0.29, 0.717) is 30.8 Å². The van der Waals surface area contributed by atoms with Crippen molar-refractivity contribution >= 4 is 29.5 Å². The summed E-state index contributed by atoms with van der Waals surface area (Å²) in [6.07, 6.45) is -0.972. The first-order valence-electron chi connectivity index (χ1n) is 14.7. The highest BCUT2D eigenvalue weighted by Gasteiger charge is 2.28. The molecule has 3 amide bonds. The number of para-hydroxylation sites is 1. The molecule has 9 nitrogen and oxygen atoms in total. The molecule has 0 bridgehead atoms. The number of carbonyl (C=O) groups is 3. The van der Waals surface area contributed by atoms with Crippen molar-refractivity contribution in [2.24, 2.45) is 0 Å². The highest BCUT2D eigenvalue weighted by molar-refractivity contribution is 6.04. The lowest BCUT2D eigenvalue weighted by molar-refractivity contribution is 0.0466. The van der Waals surface area contributed by atoms with Crippen LogP contribution in [0.5, 0.6) is 0 Å². The summed E-state index contributed by atoms with van der Waals surface area (Å²) in [4.78, 5) is 41.3. The Morgan fingerprint density at radius 1 is 0.727 bits per heavy atom. The summed E-state index contributed by atoms with van der Waals surface area (Å²) in [6.45, 7) is 4.96. The van der Waals surface area contributed by atoms with Gasteiger partial charge in [0.25, 0.3) is 5.91 Å². The molecule has 0 aliphatic heterocycles. The van der Waals surface area contributed by atoms with Gasteiger partial charge < -0.3 is 19.7 Å². The number of hydrazine groups is 1. The van der Waals surface area contributed by atoms with E-state index in [0.717, 1.165) is 16.8 Å². The Hall–Kier alpha value is -5.31. The van der Waals surface area contributed by atoms with Gasteiger partial charge in [0.05, 0.1) is 6.04 Å². The maximum atomic E-state index is 13.4. The Morgan fingerprint density at radius 2 is 1.32 bits per heavy atom. The monoisotopic (exact) mass is 594 g/mol. The fraction of sp³-hybridized carbons (Fsp3) is 0.229. The number of hydrogen-bond acceptors (Lipinski definition) is 6. The molecule has 44 heavy (non-hydrogen) atoms. The molecule has 0 radical (unpaired) electrons. The summed E-state index contributed by atoms with van der Waals surface area (Å²) >= 11 is 0. The fourth-order valence-electron chi connectivity index (χ4n) is 4.56. The van der Waals surface area contributed by atoms with Gasteiger partial charge in [-0.1, -0.05) is 91.9 Å². The van der Waals surface area contributed by atoms with Crippen LogP contribution in [-0.2, 0) is 22.7 Å². The van der Waals surface area contributed by atoms with E-state index in [1.807, 2.05) is 128 Å². The van der Waals surface area contributed by atoms with Crippen LogP contribution in [0.2, 0.25) is 0 Å². The predicted octanol–water partition coefficient (Wildman–Crippen LogP) is 7.02. The van der Waals surface area contributed by atoms with Crippen molar-refractivity contribution < 1.29 is 23.9 Å². The standard InChI is InChI=1S/C35H38N4O5/c1-3-31(24-38(4-2)32-22-14-19-29(23-32)33(40)36-30-20-12-7-13-21-30)39(35(42)44-26-28-17-10-6-11-18-28)37-34(41)43-25-27-15-8-5-9-16-27/h5-23,31H,3-4,24-26H2,1-2H3,(H,36,40)(H,37,41). The predicted molar refractivity (Wildman–Crippen MR) is 171 cm³/mol. The van der Waals surface area contributed by atoms with Gasteiger partial charge in [-0.2, -0.15) is 0 Å². The molecular formula is C35H38N4O5.